The highest BCUT2D eigenvalue weighted by Gasteiger charge is 2.35. The molecule has 1 nitrogen and oxygen atoms in total. The van der Waals surface area contributed by atoms with Gasteiger partial charge in [0.25, 0.3) is 0 Å². The first-order chi connectivity index (χ1) is 5.75. The van der Waals surface area contributed by atoms with Crippen LogP contribution in [-0.2, 0) is 4.79 Å². The van der Waals surface area contributed by atoms with Gasteiger partial charge in [-0.1, -0.05) is 12.8 Å². The van der Waals surface area contributed by atoms with Gasteiger partial charge in [0.05, 0.1) is 0 Å². The average Bonchev–Trinajstić information content (AvgIpc) is 2.05. The molecule has 68 valence electrons. The molecule has 0 amide bonds. The number of carbonyl (C=O) groups excluding carboxylic acids is 1. The summed E-state index contributed by atoms with van der Waals surface area (Å²) in [6, 6.07) is 0. The van der Waals surface area contributed by atoms with Gasteiger partial charge in [0, 0.05) is 6.42 Å². The summed E-state index contributed by atoms with van der Waals surface area (Å²) in [6.45, 7) is 1.74. The largest absolute Gasteiger partial charge is 0.300 e. The predicted octanol–water partition coefficient (Wildman–Crippen LogP) is 2.79. The van der Waals surface area contributed by atoms with Crippen molar-refractivity contribution in [2.45, 2.75) is 45.4 Å². The third-order valence-corrected chi connectivity index (χ3v) is 3.74. The second-order valence-corrected chi connectivity index (χ2v) is 4.68. The van der Waals surface area contributed by atoms with Gasteiger partial charge in [-0.05, 0) is 43.9 Å². The molecule has 0 saturated heterocycles. The van der Waals surface area contributed by atoms with Crippen LogP contribution in [-0.4, -0.2) is 5.78 Å². The highest BCUT2D eigenvalue weighted by molar-refractivity contribution is 5.75. The van der Waals surface area contributed by atoms with E-state index in [0.717, 1.165) is 24.2 Å². The van der Waals surface area contributed by atoms with Crippen LogP contribution in [0.3, 0.4) is 0 Å². The third-order valence-electron chi connectivity index (χ3n) is 3.74. The second kappa shape index (κ2) is 3.20. The van der Waals surface area contributed by atoms with Crippen molar-refractivity contribution in [3.63, 3.8) is 0 Å². The molecule has 3 saturated carbocycles. The maximum Gasteiger partial charge on any atom is 0.130 e. The fourth-order valence-corrected chi connectivity index (χ4v) is 3.14. The van der Waals surface area contributed by atoms with Gasteiger partial charge in [0.1, 0.15) is 5.78 Å². The zero-order valence-electron chi connectivity index (χ0n) is 7.88. The minimum Gasteiger partial charge on any atom is -0.300 e. The Bertz CT molecular complexity index is 177. The number of hydrogen-bond donors (Lipinski definition) is 0. The van der Waals surface area contributed by atoms with Crippen LogP contribution in [0.5, 0.6) is 0 Å². The number of Topliss-reactive ketones (excluding diaryl/α,β-unsaturated/α-hetero) is 1. The molecule has 1 unspecified atom stereocenters. The third kappa shape index (κ3) is 1.55. The molecule has 3 aliphatic rings. The van der Waals surface area contributed by atoms with Crippen molar-refractivity contribution < 1.29 is 4.79 Å². The first-order valence-corrected chi connectivity index (χ1v) is 5.25. The first kappa shape index (κ1) is 8.28. The van der Waals surface area contributed by atoms with Gasteiger partial charge in [-0.2, -0.15) is 0 Å². The maximum atomic E-state index is 11.0. The summed E-state index contributed by atoms with van der Waals surface area (Å²) in [7, 11) is 0. The number of hydrogen-bond acceptors (Lipinski definition) is 1. The van der Waals surface area contributed by atoms with Crippen LogP contribution < -0.4 is 0 Å². The van der Waals surface area contributed by atoms with Crippen molar-refractivity contribution in [2.75, 3.05) is 0 Å². The Kier molecular flexibility index (Phi) is 2.20. The van der Waals surface area contributed by atoms with E-state index in [1.807, 2.05) is 0 Å². The standard InChI is InChI=1S/C11H18O/c1-8(12)6-11-7-9-2-4-10(11)5-3-9/h9-11H,2-7H2,1H3. The summed E-state index contributed by atoms with van der Waals surface area (Å²) >= 11 is 0. The van der Waals surface area contributed by atoms with E-state index in [0.29, 0.717) is 5.78 Å². The summed E-state index contributed by atoms with van der Waals surface area (Å²) in [5.41, 5.74) is 0. The van der Waals surface area contributed by atoms with Gasteiger partial charge < -0.3 is 4.79 Å². The molecule has 2 bridgehead atoms. The topological polar surface area (TPSA) is 17.1 Å². The van der Waals surface area contributed by atoms with E-state index < -0.39 is 0 Å². The molecule has 0 N–H and O–H groups in total. The van der Waals surface area contributed by atoms with Crippen molar-refractivity contribution in [1.82, 2.24) is 0 Å². The highest BCUT2D eigenvalue weighted by Crippen LogP contribution is 2.46. The van der Waals surface area contributed by atoms with Crippen LogP contribution in [0.25, 0.3) is 0 Å². The molecule has 0 aromatic carbocycles. The minimum absolute atomic E-state index is 0.396. The van der Waals surface area contributed by atoms with Crippen LogP contribution in [0.2, 0.25) is 0 Å². The fourth-order valence-electron chi connectivity index (χ4n) is 3.14. The molecular weight excluding hydrogens is 148 g/mol. The molecule has 1 heteroatoms. The van der Waals surface area contributed by atoms with Crippen molar-refractivity contribution in [3.05, 3.63) is 0 Å². The van der Waals surface area contributed by atoms with E-state index in [4.69, 9.17) is 0 Å². The minimum atomic E-state index is 0.396. The summed E-state index contributed by atoms with van der Waals surface area (Å²) in [5, 5.41) is 0. The summed E-state index contributed by atoms with van der Waals surface area (Å²) < 4.78 is 0. The molecule has 0 aliphatic heterocycles. The number of carbonyl (C=O) groups is 1. The number of rotatable bonds is 2. The molecule has 3 rings (SSSR count). The van der Waals surface area contributed by atoms with Crippen LogP contribution in [0, 0.1) is 17.8 Å². The lowest BCUT2D eigenvalue weighted by molar-refractivity contribution is -0.119. The van der Waals surface area contributed by atoms with E-state index in [2.05, 4.69) is 0 Å². The van der Waals surface area contributed by atoms with Gasteiger partial charge in [-0.15, -0.1) is 0 Å². The molecule has 3 aliphatic carbocycles. The SMILES string of the molecule is CC(=O)CC1CC2CCC1CC2. The van der Waals surface area contributed by atoms with Gasteiger partial charge >= 0.3 is 0 Å². The lowest BCUT2D eigenvalue weighted by Gasteiger charge is -2.42. The number of fused-ring (bicyclic) bond motifs is 3. The van der Waals surface area contributed by atoms with E-state index >= 15 is 0 Å². The van der Waals surface area contributed by atoms with E-state index in [1.54, 1.807) is 6.92 Å². The molecule has 0 spiro atoms. The van der Waals surface area contributed by atoms with Crippen molar-refractivity contribution in [2.24, 2.45) is 17.8 Å². The molecular formula is C11H18O. The van der Waals surface area contributed by atoms with Gasteiger partial charge in [-0.3, -0.25) is 0 Å². The Hall–Kier alpha value is -0.330. The Morgan fingerprint density at radius 1 is 1.25 bits per heavy atom. The molecule has 0 heterocycles. The van der Waals surface area contributed by atoms with Gasteiger partial charge in [0.15, 0.2) is 0 Å². The first-order valence-electron chi connectivity index (χ1n) is 5.25. The molecule has 0 aromatic rings. The van der Waals surface area contributed by atoms with Crippen LogP contribution >= 0.6 is 0 Å². The Balaban J connectivity index is 1.95. The van der Waals surface area contributed by atoms with Gasteiger partial charge in [-0.25, -0.2) is 0 Å². The van der Waals surface area contributed by atoms with Gasteiger partial charge in [0.2, 0.25) is 0 Å². The molecule has 0 aromatic heterocycles. The van der Waals surface area contributed by atoms with E-state index in [-0.39, 0.29) is 0 Å². The quantitative estimate of drug-likeness (QED) is 0.616. The summed E-state index contributed by atoms with van der Waals surface area (Å²) in [4.78, 5) is 11.0. The molecule has 3 fully saturated rings. The second-order valence-electron chi connectivity index (χ2n) is 4.68. The predicted molar refractivity (Wildman–Crippen MR) is 48.9 cm³/mol. The highest BCUT2D eigenvalue weighted by atomic mass is 16.1. The number of ketones is 1. The van der Waals surface area contributed by atoms with Crippen molar-refractivity contribution in [3.8, 4) is 0 Å². The van der Waals surface area contributed by atoms with Crippen LogP contribution in [0.1, 0.15) is 45.4 Å². The Morgan fingerprint density at radius 3 is 2.33 bits per heavy atom. The average molecular weight is 166 g/mol. The zero-order valence-corrected chi connectivity index (χ0v) is 7.88. The zero-order chi connectivity index (χ0) is 8.55. The summed E-state index contributed by atoms with van der Waals surface area (Å²) in [6.07, 6.45) is 7.91. The van der Waals surface area contributed by atoms with Crippen molar-refractivity contribution >= 4 is 5.78 Å². The Labute approximate surface area is 74.5 Å². The van der Waals surface area contributed by atoms with E-state index in [1.165, 1.54) is 32.1 Å². The van der Waals surface area contributed by atoms with Crippen LogP contribution in [0.4, 0.5) is 0 Å². The van der Waals surface area contributed by atoms with Crippen LogP contribution in [0.15, 0.2) is 0 Å². The molecule has 1 atom stereocenters. The fraction of sp³-hybridized carbons (Fsp3) is 0.909. The van der Waals surface area contributed by atoms with Crippen molar-refractivity contribution in [1.29, 1.82) is 0 Å². The molecule has 12 heavy (non-hydrogen) atoms. The lowest BCUT2D eigenvalue weighted by atomic mass is 9.63. The Morgan fingerprint density at radius 2 is 1.92 bits per heavy atom. The molecule has 0 radical (unpaired) electrons. The normalized spacial score (nSPS) is 39.9. The summed E-state index contributed by atoms with van der Waals surface area (Å²) in [5.74, 6) is 3.03. The monoisotopic (exact) mass is 166 g/mol. The van der Waals surface area contributed by atoms with E-state index in [9.17, 15) is 4.79 Å². The smallest absolute Gasteiger partial charge is 0.130 e. The maximum absolute atomic E-state index is 11.0. The lowest BCUT2D eigenvalue weighted by Crippen LogP contribution is -2.32.